The Balaban J connectivity index is 1.94. The van der Waals surface area contributed by atoms with Crippen LogP contribution in [0.25, 0.3) is 6.08 Å². The molecule has 0 atom stereocenters. The highest BCUT2D eigenvalue weighted by Gasteiger charge is 2.33. The van der Waals surface area contributed by atoms with Gasteiger partial charge in [-0.15, -0.1) is 0 Å². The third-order valence-corrected chi connectivity index (χ3v) is 4.89. The van der Waals surface area contributed by atoms with E-state index >= 15 is 0 Å². The summed E-state index contributed by atoms with van der Waals surface area (Å²) in [5, 5.41) is 11.1. The van der Waals surface area contributed by atoms with Crippen LogP contribution in [0.3, 0.4) is 0 Å². The van der Waals surface area contributed by atoms with Crippen molar-refractivity contribution in [3.8, 4) is 0 Å². The fourth-order valence-corrected chi connectivity index (χ4v) is 3.65. The lowest BCUT2D eigenvalue weighted by Crippen LogP contribution is -2.26. The number of non-ortho nitro benzene ring substituents is 1. The molecule has 8 heteroatoms. The highest BCUT2D eigenvalue weighted by atomic mass is 35.5. The topological polar surface area (TPSA) is 63.4 Å². The number of hydrogen-bond acceptors (Lipinski definition) is 5. The molecule has 2 aromatic carbocycles. The summed E-state index contributed by atoms with van der Waals surface area (Å²) in [5.41, 5.74) is 1.18. The fourth-order valence-electron chi connectivity index (χ4n) is 2.19. The lowest BCUT2D eigenvalue weighted by atomic mass is 10.2. The van der Waals surface area contributed by atoms with Crippen LogP contribution in [0.1, 0.15) is 5.56 Å². The average molecular weight is 377 g/mol. The maximum absolute atomic E-state index is 12.3. The molecule has 1 aliphatic heterocycles. The number of thioether (sulfide) groups is 1. The number of halogens is 1. The molecule has 0 aromatic heterocycles. The van der Waals surface area contributed by atoms with Crippen molar-refractivity contribution in [2.45, 2.75) is 0 Å². The SMILES string of the molecule is O=C1S/C(=C\c2cccc([N+](=O)[O-])c2)C(=S)N1c1cccc(Cl)c1. The molecule has 1 amide bonds. The lowest BCUT2D eigenvalue weighted by molar-refractivity contribution is -0.384. The number of nitro groups is 1. The van der Waals surface area contributed by atoms with E-state index in [0.717, 1.165) is 11.8 Å². The Bertz CT molecular complexity index is 898. The molecule has 0 aliphatic carbocycles. The van der Waals surface area contributed by atoms with Crippen LogP contribution in [0.2, 0.25) is 5.02 Å². The van der Waals surface area contributed by atoms with Gasteiger partial charge in [-0.05, 0) is 41.6 Å². The van der Waals surface area contributed by atoms with Crippen molar-refractivity contribution in [3.05, 3.63) is 74.1 Å². The maximum atomic E-state index is 12.3. The molecule has 0 spiro atoms. The number of carbonyl (C=O) groups is 1. The van der Waals surface area contributed by atoms with Crippen LogP contribution in [0.4, 0.5) is 16.2 Å². The minimum Gasteiger partial charge on any atom is -0.261 e. The summed E-state index contributed by atoms with van der Waals surface area (Å²) >= 11 is 12.3. The van der Waals surface area contributed by atoms with Crippen molar-refractivity contribution >= 4 is 63.3 Å². The maximum Gasteiger partial charge on any atom is 0.296 e. The van der Waals surface area contributed by atoms with Gasteiger partial charge in [0.2, 0.25) is 0 Å². The van der Waals surface area contributed by atoms with E-state index in [0.29, 0.717) is 26.2 Å². The predicted octanol–water partition coefficient (Wildman–Crippen LogP) is 5.29. The van der Waals surface area contributed by atoms with Crippen LogP contribution in [0, 0.1) is 10.1 Å². The number of benzene rings is 2. The summed E-state index contributed by atoms with van der Waals surface area (Å²) < 4.78 is 0. The number of rotatable bonds is 3. The van der Waals surface area contributed by atoms with Crippen LogP contribution in [0.5, 0.6) is 0 Å². The Kier molecular flexibility index (Phi) is 4.66. The first-order valence-electron chi connectivity index (χ1n) is 6.74. The molecule has 0 saturated carbocycles. The second-order valence-electron chi connectivity index (χ2n) is 4.85. The molecule has 0 unspecified atom stereocenters. The van der Waals surface area contributed by atoms with E-state index in [1.807, 2.05) is 0 Å². The monoisotopic (exact) mass is 376 g/mol. The number of nitro benzene ring substituents is 1. The van der Waals surface area contributed by atoms with E-state index in [2.05, 4.69) is 0 Å². The molecule has 3 rings (SSSR count). The number of nitrogens with zero attached hydrogens (tertiary/aromatic N) is 2. The molecule has 2 aromatic rings. The van der Waals surface area contributed by atoms with Gasteiger partial charge in [0.1, 0.15) is 4.99 Å². The van der Waals surface area contributed by atoms with E-state index in [1.165, 1.54) is 17.0 Å². The Labute approximate surface area is 152 Å². The molecule has 1 aliphatic rings. The molecule has 0 bridgehead atoms. The van der Waals surface area contributed by atoms with Crippen LogP contribution in [-0.4, -0.2) is 15.2 Å². The van der Waals surface area contributed by atoms with Gasteiger partial charge >= 0.3 is 0 Å². The number of carbonyl (C=O) groups excluding carboxylic acids is 1. The van der Waals surface area contributed by atoms with E-state index in [9.17, 15) is 14.9 Å². The molecular weight excluding hydrogens is 368 g/mol. The molecule has 24 heavy (non-hydrogen) atoms. The molecular formula is C16H9ClN2O3S2. The Morgan fingerprint density at radius 3 is 2.67 bits per heavy atom. The molecule has 5 nitrogen and oxygen atoms in total. The number of amides is 1. The predicted molar refractivity (Wildman–Crippen MR) is 101 cm³/mol. The lowest BCUT2D eigenvalue weighted by Gasteiger charge is -2.14. The number of thiocarbonyl (C=S) groups is 1. The van der Waals surface area contributed by atoms with Crippen molar-refractivity contribution in [2.75, 3.05) is 4.90 Å². The van der Waals surface area contributed by atoms with Gasteiger partial charge in [0.25, 0.3) is 10.9 Å². The standard InChI is InChI=1S/C16H9ClN2O3S2/c17-11-4-2-5-12(9-11)18-15(23)14(24-16(18)20)8-10-3-1-6-13(7-10)19(21)22/h1-9H/b14-8-. The van der Waals surface area contributed by atoms with Crippen LogP contribution < -0.4 is 4.90 Å². The summed E-state index contributed by atoms with van der Waals surface area (Å²) in [6, 6.07) is 13.0. The number of anilines is 1. The summed E-state index contributed by atoms with van der Waals surface area (Å²) in [7, 11) is 0. The zero-order valence-corrected chi connectivity index (χ0v) is 14.4. The molecule has 0 N–H and O–H groups in total. The van der Waals surface area contributed by atoms with E-state index in [-0.39, 0.29) is 10.9 Å². The first-order chi connectivity index (χ1) is 11.5. The van der Waals surface area contributed by atoms with Gasteiger partial charge < -0.3 is 0 Å². The van der Waals surface area contributed by atoms with Gasteiger partial charge in [0, 0.05) is 17.2 Å². The quantitative estimate of drug-likeness (QED) is 0.315. The van der Waals surface area contributed by atoms with E-state index in [1.54, 1.807) is 42.5 Å². The summed E-state index contributed by atoms with van der Waals surface area (Å²) in [6.45, 7) is 0. The third-order valence-electron chi connectivity index (χ3n) is 3.24. The highest BCUT2D eigenvalue weighted by molar-refractivity contribution is 8.20. The molecule has 1 saturated heterocycles. The second kappa shape index (κ2) is 6.72. The van der Waals surface area contributed by atoms with Gasteiger partial charge in [-0.3, -0.25) is 19.8 Å². The Hall–Kier alpha value is -2.22. The van der Waals surface area contributed by atoms with Crippen LogP contribution >= 0.6 is 35.6 Å². The smallest absolute Gasteiger partial charge is 0.261 e. The molecule has 1 fully saturated rings. The largest absolute Gasteiger partial charge is 0.296 e. The Morgan fingerprint density at radius 1 is 1.21 bits per heavy atom. The van der Waals surface area contributed by atoms with Gasteiger partial charge in [0.05, 0.1) is 15.5 Å². The minimum absolute atomic E-state index is 0.0173. The molecule has 120 valence electrons. The molecule has 0 radical (unpaired) electrons. The first-order valence-corrected chi connectivity index (χ1v) is 8.34. The van der Waals surface area contributed by atoms with Crippen molar-refractivity contribution in [1.82, 2.24) is 0 Å². The van der Waals surface area contributed by atoms with Gasteiger partial charge in [-0.1, -0.05) is 42.0 Å². The zero-order valence-electron chi connectivity index (χ0n) is 12.0. The molecule has 1 heterocycles. The van der Waals surface area contributed by atoms with Crippen molar-refractivity contribution in [1.29, 1.82) is 0 Å². The summed E-state index contributed by atoms with van der Waals surface area (Å²) in [4.78, 5) is 25.0. The normalized spacial score (nSPS) is 16.0. The van der Waals surface area contributed by atoms with Gasteiger partial charge in [0.15, 0.2) is 0 Å². The summed E-state index contributed by atoms with van der Waals surface area (Å²) in [6.07, 6.45) is 1.67. The van der Waals surface area contributed by atoms with Gasteiger partial charge in [-0.25, -0.2) is 0 Å². The Morgan fingerprint density at radius 2 is 1.96 bits per heavy atom. The third kappa shape index (κ3) is 3.33. The van der Waals surface area contributed by atoms with E-state index < -0.39 is 4.92 Å². The van der Waals surface area contributed by atoms with Crippen molar-refractivity contribution in [3.63, 3.8) is 0 Å². The van der Waals surface area contributed by atoms with Crippen LogP contribution in [0.15, 0.2) is 53.4 Å². The van der Waals surface area contributed by atoms with Gasteiger partial charge in [-0.2, -0.15) is 0 Å². The van der Waals surface area contributed by atoms with Crippen molar-refractivity contribution in [2.24, 2.45) is 0 Å². The minimum atomic E-state index is -0.467. The summed E-state index contributed by atoms with van der Waals surface area (Å²) in [5.74, 6) is 0. The highest BCUT2D eigenvalue weighted by Crippen LogP contribution is 2.37. The second-order valence-corrected chi connectivity index (χ2v) is 6.67. The van der Waals surface area contributed by atoms with Crippen LogP contribution in [-0.2, 0) is 0 Å². The van der Waals surface area contributed by atoms with E-state index in [4.69, 9.17) is 23.8 Å². The van der Waals surface area contributed by atoms with Crippen molar-refractivity contribution < 1.29 is 9.72 Å². The fraction of sp³-hybridized carbons (Fsp3) is 0. The first kappa shape index (κ1) is 16.6. The average Bonchev–Trinajstić information content (AvgIpc) is 2.81. The zero-order chi connectivity index (χ0) is 17.3. The number of hydrogen-bond donors (Lipinski definition) is 0.